The monoisotopic (exact) mass is 253 g/mol. The van der Waals surface area contributed by atoms with Crippen molar-refractivity contribution in [2.75, 3.05) is 32.7 Å². The van der Waals surface area contributed by atoms with Crippen molar-refractivity contribution in [1.29, 1.82) is 0 Å². The Bertz CT molecular complexity index is 276. The van der Waals surface area contributed by atoms with E-state index in [1.54, 1.807) is 0 Å². The highest BCUT2D eigenvalue weighted by Gasteiger charge is 2.32. The van der Waals surface area contributed by atoms with Crippen LogP contribution < -0.4 is 5.73 Å². The van der Waals surface area contributed by atoms with E-state index in [9.17, 15) is 4.79 Å². The van der Waals surface area contributed by atoms with E-state index in [0.717, 1.165) is 19.5 Å². The van der Waals surface area contributed by atoms with E-state index >= 15 is 0 Å². The Morgan fingerprint density at radius 1 is 1.22 bits per heavy atom. The summed E-state index contributed by atoms with van der Waals surface area (Å²) in [7, 11) is 0. The summed E-state index contributed by atoms with van der Waals surface area (Å²) in [5, 5.41) is 0. The molecule has 18 heavy (non-hydrogen) atoms. The number of carbonyl (C=O) groups excluding carboxylic acids is 1. The lowest BCUT2D eigenvalue weighted by Crippen LogP contribution is -2.47. The predicted molar refractivity (Wildman–Crippen MR) is 73.2 cm³/mol. The van der Waals surface area contributed by atoms with Crippen LogP contribution in [0.3, 0.4) is 0 Å². The summed E-state index contributed by atoms with van der Waals surface area (Å²) in [6, 6.07) is 0.435. The number of nitrogens with two attached hydrogens (primary N) is 1. The smallest absolute Gasteiger partial charge is 0.226 e. The Morgan fingerprint density at radius 2 is 1.94 bits per heavy atom. The summed E-state index contributed by atoms with van der Waals surface area (Å²) in [6.45, 7) is 6.84. The molecule has 2 fully saturated rings. The minimum absolute atomic E-state index is 0.0213. The number of piperidine rings is 1. The zero-order valence-corrected chi connectivity index (χ0v) is 11.6. The molecule has 0 aromatic heterocycles. The number of rotatable bonds is 4. The summed E-state index contributed by atoms with van der Waals surface area (Å²) >= 11 is 0. The van der Waals surface area contributed by atoms with Gasteiger partial charge in [0.25, 0.3) is 0 Å². The maximum Gasteiger partial charge on any atom is 0.226 e. The van der Waals surface area contributed by atoms with Gasteiger partial charge in [0.15, 0.2) is 0 Å². The molecule has 104 valence electrons. The van der Waals surface area contributed by atoms with Crippen molar-refractivity contribution >= 4 is 5.91 Å². The van der Waals surface area contributed by atoms with Gasteiger partial charge in [-0.05, 0) is 38.8 Å². The number of hydrogen-bond donors (Lipinski definition) is 1. The van der Waals surface area contributed by atoms with Gasteiger partial charge in [-0.1, -0.05) is 13.3 Å². The number of nitrogens with zero attached hydrogens (tertiary/aromatic N) is 2. The van der Waals surface area contributed by atoms with Gasteiger partial charge in [0.05, 0.1) is 0 Å². The third-order valence-corrected chi connectivity index (χ3v) is 4.35. The van der Waals surface area contributed by atoms with E-state index in [4.69, 9.17) is 5.73 Å². The average molecular weight is 253 g/mol. The highest BCUT2D eigenvalue weighted by Crippen LogP contribution is 2.22. The summed E-state index contributed by atoms with van der Waals surface area (Å²) in [5.41, 5.74) is 5.61. The predicted octanol–water partition coefficient (Wildman–Crippen LogP) is 1.06. The van der Waals surface area contributed by atoms with Crippen molar-refractivity contribution < 1.29 is 4.79 Å². The highest BCUT2D eigenvalue weighted by atomic mass is 16.2. The van der Waals surface area contributed by atoms with Gasteiger partial charge in [0.2, 0.25) is 5.91 Å². The molecule has 2 N–H and O–H groups in total. The van der Waals surface area contributed by atoms with Gasteiger partial charge in [0.1, 0.15) is 0 Å². The lowest BCUT2D eigenvalue weighted by molar-refractivity contribution is -0.135. The van der Waals surface area contributed by atoms with E-state index in [0.29, 0.717) is 12.6 Å². The molecule has 4 heteroatoms. The van der Waals surface area contributed by atoms with Crippen molar-refractivity contribution in [3.05, 3.63) is 0 Å². The fourth-order valence-corrected chi connectivity index (χ4v) is 3.14. The van der Waals surface area contributed by atoms with E-state index in [2.05, 4.69) is 9.80 Å². The molecule has 2 aliphatic rings. The zero-order chi connectivity index (χ0) is 13.0. The van der Waals surface area contributed by atoms with Crippen LogP contribution in [0.4, 0.5) is 0 Å². The standard InChI is InChI=1S/C14H27N3O/c1-12(10-15)14(18)17-9-5-6-13(17)11-16-7-3-2-4-8-16/h12-13H,2-11,15H2,1H3. The molecule has 0 spiro atoms. The van der Waals surface area contributed by atoms with Gasteiger partial charge in [-0.25, -0.2) is 0 Å². The molecule has 4 nitrogen and oxygen atoms in total. The van der Waals surface area contributed by atoms with Crippen LogP contribution in [0.5, 0.6) is 0 Å². The second-order valence-electron chi connectivity index (χ2n) is 5.83. The van der Waals surface area contributed by atoms with Gasteiger partial charge >= 0.3 is 0 Å². The first kappa shape index (κ1) is 13.8. The van der Waals surface area contributed by atoms with E-state index in [1.807, 2.05) is 6.92 Å². The summed E-state index contributed by atoms with van der Waals surface area (Å²) in [6.07, 6.45) is 6.33. The molecule has 2 saturated heterocycles. The highest BCUT2D eigenvalue weighted by molar-refractivity contribution is 5.79. The molecule has 2 heterocycles. The molecule has 1 amide bonds. The first-order valence-corrected chi connectivity index (χ1v) is 7.45. The summed E-state index contributed by atoms with van der Waals surface area (Å²) in [4.78, 5) is 16.9. The molecule has 0 aromatic rings. The maximum absolute atomic E-state index is 12.3. The van der Waals surface area contributed by atoms with E-state index in [1.165, 1.54) is 38.8 Å². The Labute approximate surface area is 110 Å². The van der Waals surface area contributed by atoms with Crippen LogP contribution in [0.25, 0.3) is 0 Å². The summed E-state index contributed by atoms with van der Waals surface area (Å²) < 4.78 is 0. The van der Waals surface area contributed by atoms with Gasteiger partial charge < -0.3 is 15.5 Å². The second kappa shape index (κ2) is 6.53. The lowest BCUT2D eigenvalue weighted by Gasteiger charge is -2.33. The van der Waals surface area contributed by atoms with Crippen LogP contribution in [0.15, 0.2) is 0 Å². The van der Waals surface area contributed by atoms with Gasteiger partial charge in [-0.15, -0.1) is 0 Å². The molecule has 2 aliphatic heterocycles. The average Bonchev–Trinajstić information content (AvgIpc) is 2.86. The molecule has 0 aliphatic carbocycles. The van der Waals surface area contributed by atoms with Gasteiger partial charge in [-0.2, -0.15) is 0 Å². The molecular formula is C14H27N3O. The van der Waals surface area contributed by atoms with E-state index in [-0.39, 0.29) is 11.8 Å². The van der Waals surface area contributed by atoms with Crippen molar-refractivity contribution in [2.45, 2.75) is 45.1 Å². The minimum Gasteiger partial charge on any atom is -0.338 e. The van der Waals surface area contributed by atoms with Crippen LogP contribution in [0, 0.1) is 5.92 Å². The molecule has 2 rings (SSSR count). The fourth-order valence-electron chi connectivity index (χ4n) is 3.14. The molecule has 2 atom stereocenters. The minimum atomic E-state index is -0.0213. The van der Waals surface area contributed by atoms with Crippen molar-refractivity contribution in [2.24, 2.45) is 11.7 Å². The largest absolute Gasteiger partial charge is 0.338 e. The second-order valence-corrected chi connectivity index (χ2v) is 5.83. The van der Waals surface area contributed by atoms with Gasteiger partial charge in [0, 0.05) is 31.6 Å². The molecule has 0 radical (unpaired) electrons. The fraction of sp³-hybridized carbons (Fsp3) is 0.929. The third-order valence-electron chi connectivity index (χ3n) is 4.35. The quantitative estimate of drug-likeness (QED) is 0.815. The molecule has 0 aromatic carbocycles. The van der Waals surface area contributed by atoms with E-state index < -0.39 is 0 Å². The van der Waals surface area contributed by atoms with Crippen LogP contribution in [-0.4, -0.2) is 54.5 Å². The molecular weight excluding hydrogens is 226 g/mol. The lowest BCUT2D eigenvalue weighted by atomic mass is 10.1. The molecule has 0 saturated carbocycles. The number of hydrogen-bond acceptors (Lipinski definition) is 3. The van der Waals surface area contributed by atoms with Crippen LogP contribution >= 0.6 is 0 Å². The van der Waals surface area contributed by atoms with Crippen molar-refractivity contribution in [3.8, 4) is 0 Å². The summed E-state index contributed by atoms with van der Waals surface area (Å²) in [5.74, 6) is 0.240. The zero-order valence-electron chi connectivity index (χ0n) is 11.6. The third kappa shape index (κ3) is 3.23. The van der Waals surface area contributed by atoms with Crippen LogP contribution in [-0.2, 0) is 4.79 Å². The SMILES string of the molecule is CC(CN)C(=O)N1CCCC1CN1CCCCC1. The number of carbonyl (C=O) groups is 1. The molecule has 2 unspecified atom stereocenters. The Balaban J connectivity index is 1.88. The van der Waals surface area contributed by atoms with Crippen LogP contribution in [0.2, 0.25) is 0 Å². The Hall–Kier alpha value is -0.610. The number of likely N-dealkylation sites (tertiary alicyclic amines) is 2. The maximum atomic E-state index is 12.3. The normalized spacial score (nSPS) is 27.4. The van der Waals surface area contributed by atoms with Crippen molar-refractivity contribution in [3.63, 3.8) is 0 Å². The van der Waals surface area contributed by atoms with Crippen LogP contribution in [0.1, 0.15) is 39.0 Å². The Kier molecular flexibility index (Phi) is 5.01. The first-order chi connectivity index (χ1) is 8.72. The van der Waals surface area contributed by atoms with Crippen molar-refractivity contribution in [1.82, 2.24) is 9.80 Å². The first-order valence-electron chi connectivity index (χ1n) is 7.45. The van der Waals surface area contributed by atoms with Gasteiger partial charge in [-0.3, -0.25) is 4.79 Å². The number of amides is 1. The molecule has 0 bridgehead atoms. The topological polar surface area (TPSA) is 49.6 Å². The Morgan fingerprint density at radius 3 is 2.61 bits per heavy atom.